The predicted molar refractivity (Wildman–Crippen MR) is 72.3 cm³/mol. The van der Waals surface area contributed by atoms with Gasteiger partial charge in [0, 0.05) is 0 Å². The van der Waals surface area contributed by atoms with Crippen molar-refractivity contribution < 1.29 is 36.5 Å². The molecule has 3 nitrogen and oxygen atoms in total. The van der Waals surface area contributed by atoms with E-state index in [0.29, 0.717) is 5.75 Å². The van der Waals surface area contributed by atoms with Gasteiger partial charge in [-0.15, -0.1) is 0 Å². The summed E-state index contributed by atoms with van der Waals surface area (Å²) in [7, 11) is 0. The fourth-order valence-electron chi connectivity index (χ4n) is 1.51. The van der Waals surface area contributed by atoms with Crippen molar-refractivity contribution in [1.29, 1.82) is 0 Å². The predicted octanol–water partition coefficient (Wildman–Crippen LogP) is 4.86. The third kappa shape index (κ3) is 20.1. The zero-order chi connectivity index (χ0) is 12.8. The number of phenolic OH excluding ortho intramolecular Hbond substituents is 1. The third-order valence-electron chi connectivity index (χ3n) is 2.54. The molecule has 0 heterocycles. The van der Waals surface area contributed by atoms with Crippen molar-refractivity contribution >= 4 is 0 Å². The van der Waals surface area contributed by atoms with Crippen molar-refractivity contribution in [1.82, 2.24) is 0 Å². The number of hydrogen-bond acceptors (Lipinski definition) is 1. The number of unbranched alkanes of at least 4 members (excludes halogenated alkanes) is 6. The van der Waals surface area contributed by atoms with Crippen LogP contribution in [0.2, 0.25) is 4.73 Å². The van der Waals surface area contributed by atoms with E-state index in [2.05, 4.69) is 27.4 Å². The molecule has 0 spiro atoms. The zero-order valence-electron chi connectivity index (χ0n) is 11.8. The molecule has 107 valence electrons. The van der Waals surface area contributed by atoms with Crippen molar-refractivity contribution in [2.24, 2.45) is 0 Å². The van der Waals surface area contributed by atoms with E-state index in [1.165, 1.54) is 49.7 Å². The molecule has 1 rings (SSSR count). The average Bonchev–Trinajstić information content (AvgIpc) is 2.35. The summed E-state index contributed by atoms with van der Waals surface area (Å²) in [6, 6.07) is 8.71. The van der Waals surface area contributed by atoms with Crippen molar-refractivity contribution in [3.8, 4) is 5.75 Å². The first-order valence-corrected chi connectivity index (χ1v) is 7.80. The van der Waals surface area contributed by atoms with Gasteiger partial charge in [-0.2, -0.15) is 0 Å². The molecule has 19 heavy (non-hydrogen) atoms. The molecule has 4 heteroatoms. The Labute approximate surface area is 129 Å². The second kappa shape index (κ2) is 20.0. The Hall–Kier alpha value is -0.346. The average molecular weight is 301 g/mol. The Morgan fingerprint density at radius 3 is 1.68 bits per heavy atom. The molecule has 0 radical (unpaired) electrons. The standard InChI is InChI=1S/C9H19.C6H6O.2O.Ti/c1-3-5-7-9-8-6-4-2;7-6-4-2-1-3-5-6;;;/h1,3-9H2,2H3;1-5,7H;;;/q;;2*-2;+4. The van der Waals surface area contributed by atoms with Crippen LogP contribution in [0.4, 0.5) is 0 Å². The van der Waals surface area contributed by atoms with E-state index in [9.17, 15) is 0 Å². The molecule has 0 saturated carbocycles. The summed E-state index contributed by atoms with van der Waals surface area (Å²) in [4.78, 5) is 0. The maximum atomic E-state index is 8.63. The SMILES string of the molecule is CCCCCCCC[CH2][Ti+4].Oc1ccccc1.[O-2].[O-2]. The van der Waals surface area contributed by atoms with Crippen LogP contribution < -0.4 is 0 Å². The molecular weight excluding hydrogens is 276 g/mol. The minimum Gasteiger partial charge on any atom is -2.00 e. The topological polar surface area (TPSA) is 77.2 Å². The number of aromatic hydroxyl groups is 1. The largest absolute Gasteiger partial charge is 2.00 e. The van der Waals surface area contributed by atoms with Gasteiger partial charge >= 0.3 is 77.0 Å². The fourth-order valence-corrected chi connectivity index (χ4v) is 1.90. The van der Waals surface area contributed by atoms with E-state index < -0.39 is 0 Å². The quantitative estimate of drug-likeness (QED) is 0.566. The maximum Gasteiger partial charge on any atom is 0.115 e. The Bertz CT molecular complexity index is 234. The van der Waals surface area contributed by atoms with Crippen LogP contribution in [0, 0.1) is 0 Å². The van der Waals surface area contributed by atoms with Gasteiger partial charge in [0.2, 0.25) is 0 Å². The van der Waals surface area contributed by atoms with Crippen LogP contribution in [0.3, 0.4) is 0 Å². The van der Waals surface area contributed by atoms with E-state index in [1.807, 2.05) is 6.07 Å². The summed E-state index contributed by atoms with van der Waals surface area (Å²) in [5, 5.41) is 8.63. The summed E-state index contributed by atoms with van der Waals surface area (Å²) in [5.74, 6) is 0.322. The summed E-state index contributed by atoms with van der Waals surface area (Å²) in [5.41, 5.74) is 0. The molecule has 0 aromatic heterocycles. The summed E-state index contributed by atoms with van der Waals surface area (Å²) in [6.07, 6.45) is 10.1. The first-order valence-electron chi connectivity index (χ1n) is 6.69. The molecule has 1 N–H and O–H groups in total. The van der Waals surface area contributed by atoms with Gasteiger partial charge in [0.1, 0.15) is 5.75 Å². The van der Waals surface area contributed by atoms with E-state index in [4.69, 9.17) is 5.11 Å². The molecule has 0 atom stereocenters. The van der Waals surface area contributed by atoms with Crippen LogP contribution in [0.15, 0.2) is 30.3 Å². The Morgan fingerprint density at radius 2 is 1.32 bits per heavy atom. The van der Waals surface area contributed by atoms with E-state index in [-0.39, 0.29) is 11.0 Å². The number of rotatable bonds is 7. The molecule has 0 saturated heterocycles. The minimum atomic E-state index is 0. The fraction of sp³-hybridized carbons (Fsp3) is 0.600. The smallest absolute Gasteiger partial charge is 0.115 e. The molecule has 1 aromatic rings. The van der Waals surface area contributed by atoms with Crippen molar-refractivity contribution in [2.75, 3.05) is 0 Å². The van der Waals surface area contributed by atoms with Gasteiger partial charge < -0.3 is 16.1 Å². The van der Waals surface area contributed by atoms with E-state index in [1.54, 1.807) is 24.3 Å². The van der Waals surface area contributed by atoms with Crippen molar-refractivity contribution in [2.45, 2.75) is 56.6 Å². The normalized spacial score (nSPS) is 8.58. The van der Waals surface area contributed by atoms with E-state index >= 15 is 0 Å². The van der Waals surface area contributed by atoms with Gasteiger partial charge in [-0.25, -0.2) is 0 Å². The Balaban J connectivity index is -0.000000253. The number of benzene rings is 1. The van der Waals surface area contributed by atoms with Gasteiger partial charge in [-0.05, 0) is 12.1 Å². The number of para-hydroxylation sites is 1. The molecule has 1 aromatic carbocycles. The Morgan fingerprint density at radius 1 is 0.842 bits per heavy atom. The molecule has 0 aliphatic heterocycles. The van der Waals surface area contributed by atoms with Crippen LogP contribution in [0.1, 0.15) is 51.9 Å². The second-order valence-electron chi connectivity index (χ2n) is 4.21. The molecule has 0 amide bonds. The minimum absolute atomic E-state index is 0. The van der Waals surface area contributed by atoms with Gasteiger partial charge in [0.25, 0.3) is 0 Å². The van der Waals surface area contributed by atoms with Crippen molar-refractivity contribution in [3.05, 3.63) is 30.3 Å². The summed E-state index contributed by atoms with van der Waals surface area (Å²) in [6.45, 7) is 2.27. The first-order chi connectivity index (χ1) is 8.31. The van der Waals surface area contributed by atoms with Crippen LogP contribution in [0.5, 0.6) is 5.75 Å². The van der Waals surface area contributed by atoms with Crippen LogP contribution in [-0.2, 0) is 31.4 Å². The zero-order valence-corrected chi connectivity index (χ0v) is 13.4. The summed E-state index contributed by atoms with van der Waals surface area (Å²) < 4.78 is 1.37. The first kappa shape index (κ1) is 23.7. The molecule has 0 bridgehead atoms. The van der Waals surface area contributed by atoms with Crippen LogP contribution in [0.25, 0.3) is 0 Å². The molecule has 0 aliphatic carbocycles. The van der Waals surface area contributed by atoms with Crippen LogP contribution >= 0.6 is 0 Å². The van der Waals surface area contributed by atoms with Gasteiger partial charge in [-0.1, -0.05) is 18.2 Å². The van der Waals surface area contributed by atoms with E-state index in [0.717, 1.165) is 0 Å². The van der Waals surface area contributed by atoms with Gasteiger partial charge in [0.05, 0.1) is 0 Å². The second-order valence-corrected chi connectivity index (χ2v) is 4.99. The van der Waals surface area contributed by atoms with Gasteiger partial charge in [0.15, 0.2) is 0 Å². The molecule has 0 aliphatic rings. The Kier molecular flexibility index (Phi) is 25.0. The van der Waals surface area contributed by atoms with Gasteiger partial charge in [-0.3, -0.25) is 0 Å². The molecular formula is C15H25O3Ti. The monoisotopic (exact) mass is 301 g/mol. The maximum absolute atomic E-state index is 8.63. The molecule has 0 fully saturated rings. The third-order valence-corrected chi connectivity index (χ3v) is 3.09. The molecule has 0 unspecified atom stereocenters. The summed E-state index contributed by atoms with van der Waals surface area (Å²) >= 11 is 2.27. The van der Waals surface area contributed by atoms with Crippen LogP contribution in [-0.4, -0.2) is 5.11 Å². The van der Waals surface area contributed by atoms with Crippen molar-refractivity contribution in [3.63, 3.8) is 0 Å². The number of hydrogen-bond donors (Lipinski definition) is 1. The number of phenols is 1.